The van der Waals surface area contributed by atoms with Gasteiger partial charge in [-0.3, -0.25) is 9.78 Å². The van der Waals surface area contributed by atoms with Gasteiger partial charge in [0.1, 0.15) is 0 Å². The van der Waals surface area contributed by atoms with Gasteiger partial charge in [0, 0.05) is 0 Å². The number of sulfonamides is 1. The van der Waals surface area contributed by atoms with Crippen LogP contribution in [0, 0.1) is 0 Å². The second-order valence-electron chi connectivity index (χ2n) is 6.88. The Morgan fingerprint density at radius 3 is 2.33 bits per heavy atom. The second-order valence-corrected chi connectivity index (χ2v) is 8.56. The zero-order valence-corrected chi connectivity index (χ0v) is 15.3. The highest BCUT2D eigenvalue weighted by Crippen LogP contribution is 2.39. The van der Waals surface area contributed by atoms with Gasteiger partial charge in [-0.25, -0.2) is 17.9 Å². The number of aromatic nitrogens is 2. The maximum Gasteiger partial charge on any atom is 0.326 e. The molecule has 3 aromatic rings. The number of nitrogens with one attached hydrogen (secondary N) is 3. The maximum absolute atomic E-state index is 13.1. The Morgan fingerprint density at radius 1 is 0.926 bits per heavy atom. The molecular weight excluding hydrogens is 366 g/mol. The standard InChI is InChI=1S/C19H19N3O4S/c23-17-15-12-14(8-9-16(15)20-18(24)21-17)27(25,26)22-19(10-4-5-11-19)13-6-2-1-3-7-13/h1-3,6-9,12,22H,4-5,10-11H2,(H2,20,21,23,24). The SMILES string of the molecule is O=c1[nH]c(=O)c2cc(S(=O)(=O)NC3(c4ccccc4)CCCC3)ccc2[nH]1. The van der Waals surface area contributed by atoms with Gasteiger partial charge >= 0.3 is 5.69 Å². The zero-order chi connectivity index (χ0) is 19.1. The normalized spacial score (nSPS) is 16.6. The van der Waals surface area contributed by atoms with Crippen LogP contribution in [0.2, 0.25) is 0 Å². The summed E-state index contributed by atoms with van der Waals surface area (Å²) in [5, 5.41) is 0.123. The quantitative estimate of drug-likeness (QED) is 0.637. The van der Waals surface area contributed by atoms with E-state index < -0.39 is 26.8 Å². The van der Waals surface area contributed by atoms with Crippen molar-refractivity contribution in [2.24, 2.45) is 0 Å². The van der Waals surface area contributed by atoms with Crippen LogP contribution < -0.4 is 16.0 Å². The average molecular weight is 385 g/mol. The van der Waals surface area contributed by atoms with Gasteiger partial charge in [-0.05, 0) is 36.6 Å². The third-order valence-corrected chi connectivity index (χ3v) is 6.67. The van der Waals surface area contributed by atoms with E-state index in [1.165, 1.54) is 18.2 Å². The molecule has 0 amide bonds. The van der Waals surface area contributed by atoms with Crippen molar-refractivity contribution in [3.63, 3.8) is 0 Å². The molecule has 27 heavy (non-hydrogen) atoms. The Morgan fingerprint density at radius 2 is 1.63 bits per heavy atom. The molecule has 0 spiro atoms. The summed E-state index contributed by atoms with van der Waals surface area (Å²) in [5.41, 5.74) is -0.665. The minimum Gasteiger partial charge on any atom is -0.307 e. The Balaban J connectivity index is 1.78. The second kappa shape index (κ2) is 6.47. The van der Waals surface area contributed by atoms with Crippen LogP contribution in [0.5, 0.6) is 0 Å². The maximum atomic E-state index is 13.1. The molecule has 0 bridgehead atoms. The van der Waals surface area contributed by atoms with Gasteiger partial charge < -0.3 is 4.98 Å². The smallest absolute Gasteiger partial charge is 0.307 e. The summed E-state index contributed by atoms with van der Waals surface area (Å²) in [5.74, 6) is 0. The van der Waals surface area contributed by atoms with E-state index in [1.807, 2.05) is 30.3 Å². The molecule has 7 nitrogen and oxygen atoms in total. The van der Waals surface area contributed by atoms with Gasteiger partial charge in [-0.1, -0.05) is 43.2 Å². The van der Waals surface area contributed by atoms with Crippen LogP contribution >= 0.6 is 0 Å². The van der Waals surface area contributed by atoms with E-state index in [0.717, 1.165) is 31.2 Å². The topological polar surface area (TPSA) is 112 Å². The molecule has 0 radical (unpaired) electrons. The van der Waals surface area contributed by atoms with E-state index in [4.69, 9.17) is 0 Å². The third-order valence-electron chi connectivity index (χ3n) is 5.13. The first-order valence-corrected chi connectivity index (χ1v) is 10.2. The number of hydrogen-bond donors (Lipinski definition) is 3. The lowest BCUT2D eigenvalue weighted by Crippen LogP contribution is -2.43. The minimum absolute atomic E-state index is 0.00486. The molecule has 1 aliphatic rings. The predicted octanol–water partition coefficient (Wildman–Crippen LogP) is 1.96. The van der Waals surface area contributed by atoms with Crippen molar-refractivity contribution >= 4 is 20.9 Å². The van der Waals surface area contributed by atoms with Crippen molar-refractivity contribution < 1.29 is 8.42 Å². The Bertz CT molecular complexity index is 1210. The highest BCUT2D eigenvalue weighted by Gasteiger charge is 2.39. The Hall–Kier alpha value is -2.71. The van der Waals surface area contributed by atoms with Crippen LogP contribution in [-0.2, 0) is 15.6 Å². The molecule has 0 aliphatic heterocycles. The lowest BCUT2D eigenvalue weighted by Gasteiger charge is -2.30. The third kappa shape index (κ3) is 3.22. The van der Waals surface area contributed by atoms with E-state index in [-0.39, 0.29) is 10.3 Å². The van der Waals surface area contributed by atoms with E-state index in [1.54, 1.807) is 0 Å². The molecule has 0 saturated heterocycles. The number of hydrogen-bond acceptors (Lipinski definition) is 4. The summed E-state index contributed by atoms with van der Waals surface area (Å²) < 4.78 is 29.1. The van der Waals surface area contributed by atoms with Crippen LogP contribution in [0.25, 0.3) is 10.9 Å². The van der Waals surface area contributed by atoms with Crippen molar-refractivity contribution in [2.75, 3.05) is 0 Å². The average Bonchev–Trinajstić information content (AvgIpc) is 3.11. The zero-order valence-electron chi connectivity index (χ0n) is 14.5. The fourth-order valence-electron chi connectivity index (χ4n) is 3.81. The van der Waals surface area contributed by atoms with Crippen LogP contribution in [0.1, 0.15) is 31.2 Å². The van der Waals surface area contributed by atoms with E-state index in [2.05, 4.69) is 14.7 Å². The van der Waals surface area contributed by atoms with Crippen molar-refractivity contribution in [2.45, 2.75) is 36.1 Å². The first-order valence-electron chi connectivity index (χ1n) is 8.76. The molecule has 2 aromatic carbocycles. The summed E-state index contributed by atoms with van der Waals surface area (Å²) in [4.78, 5) is 28.0. The Labute approximate surface area is 155 Å². The van der Waals surface area contributed by atoms with Crippen molar-refractivity contribution in [1.29, 1.82) is 0 Å². The fraction of sp³-hybridized carbons (Fsp3) is 0.263. The van der Waals surface area contributed by atoms with Crippen molar-refractivity contribution in [3.05, 3.63) is 74.9 Å². The first-order chi connectivity index (χ1) is 12.9. The number of H-pyrrole nitrogens is 2. The van der Waals surface area contributed by atoms with Crippen LogP contribution in [0.3, 0.4) is 0 Å². The van der Waals surface area contributed by atoms with Crippen molar-refractivity contribution in [1.82, 2.24) is 14.7 Å². The highest BCUT2D eigenvalue weighted by atomic mass is 32.2. The van der Waals surface area contributed by atoms with Gasteiger partial charge in [0.25, 0.3) is 5.56 Å². The number of benzene rings is 2. The molecule has 1 saturated carbocycles. The molecule has 140 valence electrons. The number of fused-ring (bicyclic) bond motifs is 1. The molecule has 1 aliphatic carbocycles. The van der Waals surface area contributed by atoms with Crippen LogP contribution in [0.15, 0.2) is 63.0 Å². The van der Waals surface area contributed by atoms with E-state index in [9.17, 15) is 18.0 Å². The molecule has 0 unspecified atom stereocenters. The van der Waals surface area contributed by atoms with Crippen LogP contribution in [-0.4, -0.2) is 18.4 Å². The summed E-state index contributed by atoms with van der Waals surface area (Å²) in [7, 11) is -3.86. The predicted molar refractivity (Wildman–Crippen MR) is 102 cm³/mol. The molecule has 4 rings (SSSR count). The van der Waals surface area contributed by atoms with E-state index >= 15 is 0 Å². The lowest BCUT2D eigenvalue weighted by molar-refractivity contribution is 0.404. The van der Waals surface area contributed by atoms with Crippen LogP contribution in [0.4, 0.5) is 0 Å². The monoisotopic (exact) mass is 385 g/mol. The molecule has 1 heterocycles. The summed E-state index contributed by atoms with van der Waals surface area (Å²) >= 11 is 0. The van der Waals surface area contributed by atoms with Gasteiger partial charge in [0.05, 0.1) is 21.3 Å². The van der Waals surface area contributed by atoms with E-state index in [0.29, 0.717) is 5.52 Å². The molecule has 1 aromatic heterocycles. The Kier molecular flexibility index (Phi) is 4.24. The first kappa shape index (κ1) is 17.7. The summed E-state index contributed by atoms with van der Waals surface area (Å²) in [6.45, 7) is 0. The van der Waals surface area contributed by atoms with Gasteiger partial charge in [0.2, 0.25) is 10.0 Å². The molecule has 8 heteroatoms. The molecule has 3 N–H and O–H groups in total. The fourth-order valence-corrected chi connectivity index (χ4v) is 5.29. The molecule has 0 atom stereocenters. The number of rotatable bonds is 4. The number of aromatic amines is 2. The summed E-state index contributed by atoms with van der Waals surface area (Å²) in [6.07, 6.45) is 3.32. The largest absolute Gasteiger partial charge is 0.326 e. The lowest BCUT2D eigenvalue weighted by atomic mass is 9.89. The molecule has 1 fully saturated rings. The van der Waals surface area contributed by atoms with Gasteiger partial charge in [-0.2, -0.15) is 0 Å². The summed E-state index contributed by atoms with van der Waals surface area (Å²) in [6, 6.07) is 13.7. The molecular formula is C19H19N3O4S. The van der Waals surface area contributed by atoms with Crippen molar-refractivity contribution in [3.8, 4) is 0 Å². The van der Waals surface area contributed by atoms with Gasteiger partial charge in [-0.15, -0.1) is 0 Å². The highest BCUT2D eigenvalue weighted by molar-refractivity contribution is 7.89. The minimum atomic E-state index is -3.86. The van der Waals surface area contributed by atoms with Gasteiger partial charge in [0.15, 0.2) is 0 Å².